The third kappa shape index (κ3) is 17.0. The SMILES string of the molecule is OCOCCOC1=C/C=C/C(CCCCCCC(F)(F)F)=C(c2ccc(C#Cc3ccc(OCCOCOF)cc3)cc2)\C=C/C=C/C=C\1. The summed E-state index contributed by atoms with van der Waals surface area (Å²) in [6.07, 6.45) is 15.1. The summed E-state index contributed by atoms with van der Waals surface area (Å²) in [6.45, 7) is 0.152. The lowest BCUT2D eigenvalue weighted by molar-refractivity contribution is -0.212. The van der Waals surface area contributed by atoms with Crippen molar-refractivity contribution in [2.45, 2.75) is 44.7 Å². The van der Waals surface area contributed by atoms with Gasteiger partial charge in [0.15, 0.2) is 6.79 Å². The molecule has 0 fully saturated rings. The third-order valence-corrected chi connectivity index (χ3v) is 7.03. The minimum Gasteiger partial charge on any atom is -0.491 e. The predicted molar refractivity (Wildman–Crippen MR) is 182 cm³/mol. The minimum atomic E-state index is -4.13. The van der Waals surface area contributed by atoms with E-state index in [2.05, 4.69) is 16.8 Å². The van der Waals surface area contributed by atoms with Gasteiger partial charge in [0.25, 0.3) is 0 Å². The molecule has 1 aliphatic carbocycles. The van der Waals surface area contributed by atoms with Gasteiger partial charge in [-0.05, 0) is 89.0 Å². The Morgan fingerprint density at radius 2 is 1.31 bits per heavy atom. The molecule has 6 nitrogen and oxygen atoms in total. The number of allylic oxidation sites excluding steroid dienone is 11. The van der Waals surface area contributed by atoms with E-state index >= 15 is 0 Å². The van der Waals surface area contributed by atoms with Crippen LogP contribution >= 0.6 is 0 Å². The first kappa shape index (κ1) is 39.0. The minimum absolute atomic E-state index is 0.125. The first-order valence-corrected chi connectivity index (χ1v) is 16.1. The first-order chi connectivity index (χ1) is 23.9. The normalized spacial score (nSPS) is 18.5. The molecule has 0 aliphatic heterocycles. The zero-order chi connectivity index (χ0) is 35.0. The van der Waals surface area contributed by atoms with Crippen LogP contribution in [0.5, 0.6) is 5.75 Å². The molecule has 3 rings (SSSR count). The van der Waals surface area contributed by atoms with Crippen molar-refractivity contribution < 1.29 is 46.7 Å². The van der Waals surface area contributed by atoms with Gasteiger partial charge in [-0.15, -0.1) is 0 Å². The molecule has 10 heteroatoms. The molecule has 0 amide bonds. The topological polar surface area (TPSA) is 66.4 Å². The number of aliphatic hydroxyl groups is 1. The van der Waals surface area contributed by atoms with E-state index < -0.39 is 19.4 Å². The average molecular weight is 683 g/mol. The van der Waals surface area contributed by atoms with Crippen LogP contribution in [0.1, 0.15) is 55.2 Å². The zero-order valence-electron chi connectivity index (χ0n) is 27.3. The Morgan fingerprint density at radius 3 is 2.00 bits per heavy atom. The summed E-state index contributed by atoms with van der Waals surface area (Å²) in [4.78, 5) is 3.35. The molecule has 0 aromatic heterocycles. The number of rotatable bonds is 18. The molecular weight excluding hydrogens is 640 g/mol. The largest absolute Gasteiger partial charge is 0.491 e. The molecule has 0 saturated carbocycles. The number of aliphatic hydroxyl groups excluding tert-OH is 1. The van der Waals surface area contributed by atoms with E-state index in [0.717, 1.165) is 34.3 Å². The standard InChI is InChI=1S/C39H42F4O6/c40-39(41,42)25-8-4-3-5-10-34-11-9-13-36(47-28-26-45-30-44)12-6-1-2-7-14-38(34)35-21-17-32(18-22-35)15-16-33-19-23-37(24-20-33)48-29-27-46-31-49-43/h1-2,6-7,9,11-14,17-24,44H,3-5,8,10,25-31H2/b2-1+,6-1?,7-2?,11-9+,12-6-,13-9?,14-7-,34-11?,36-12?,36-13+,38-14?,38-34+. The highest BCUT2D eigenvalue weighted by Crippen LogP contribution is 2.28. The number of halogens is 4. The second kappa shape index (κ2) is 23.0. The molecule has 49 heavy (non-hydrogen) atoms. The van der Waals surface area contributed by atoms with Crippen LogP contribution in [0, 0.1) is 11.8 Å². The van der Waals surface area contributed by atoms with Crippen LogP contribution in [0.4, 0.5) is 17.7 Å². The lowest BCUT2D eigenvalue weighted by Crippen LogP contribution is -2.07. The number of ether oxygens (including phenoxy) is 4. The predicted octanol–water partition coefficient (Wildman–Crippen LogP) is 9.10. The maximum Gasteiger partial charge on any atom is 0.389 e. The van der Waals surface area contributed by atoms with Crippen molar-refractivity contribution in [1.29, 1.82) is 0 Å². The molecule has 0 radical (unpaired) electrons. The summed E-state index contributed by atoms with van der Waals surface area (Å²) >= 11 is 0. The van der Waals surface area contributed by atoms with Gasteiger partial charge < -0.3 is 24.1 Å². The highest BCUT2D eigenvalue weighted by Gasteiger charge is 2.25. The Labute approximate surface area is 285 Å². The molecule has 1 aliphatic rings. The number of hydrogen-bond acceptors (Lipinski definition) is 6. The van der Waals surface area contributed by atoms with Gasteiger partial charge in [0.2, 0.25) is 0 Å². The monoisotopic (exact) mass is 682 g/mol. The highest BCUT2D eigenvalue weighted by molar-refractivity contribution is 5.79. The zero-order valence-corrected chi connectivity index (χ0v) is 27.3. The van der Waals surface area contributed by atoms with Crippen molar-refractivity contribution in [3.8, 4) is 17.6 Å². The molecule has 1 N–H and O–H groups in total. The number of benzene rings is 2. The molecule has 0 bridgehead atoms. The average Bonchev–Trinajstić information content (AvgIpc) is 3.09. The molecule has 262 valence electrons. The van der Waals surface area contributed by atoms with Crippen molar-refractivity contribution in [2.24, 2.45) is 0 Å². The smallest absolute Gasteiger partial charge is 0.389 e. The van der Waals surface area contributed by atoms with Crippen molar-refractivity contribution in [2.75, 3.05) is 40.0 Å². The molecule has 2 aromatic carbocycles. The van der Waals surface area contributed by atoms with Gasteiger partial charge in [-0.25, -0.2) is 0 Å². The summed E-state index contributed by atoms with van der Waals surface area (Å²) in [5, 5.41) is 8.84. The summed E-state index contributed by atoms with van der Waals surface area (Å²) in [6, 6.07) is 15.2. The van der Waals surface area contributed by atoms with Gasteiger partial charge >= 0.3 is 6.18 Å². The van der Waals surface area contributed by atoms with Crippen LogP contribution in [-0.4, -0.2) is 51.3 Å². The quantitative estimate of drug-likeness (QED) is 0.0733. The van der Waals surface area contributed by atoms with Gasteiger partial charge in [-0.3, -0.25) is 0 Å². The van der Waals surface area contributed by atoms with Crippen molar-refractivity contribution in [3.05, 3.63) is 131 Å². The summed E-state index contributed by atoms with van der Waals surface area (Å²) in [7, 11) is 0. The fraction of sp³-hybridized carbons (Fsp3) is 0.333. The maximum absolute atomic E-state index is 12.6. The van der Waals surface area contributed by atoms with Crippen LogP contribution in [0.2, 0.25) is 0 Å². The Balaban J connectivity index is 1.78. The fourth-order valence-corrected chi connectivity index (χ4v) is 4.64. The Morgan fingerprint density at radius 1 is 0.653 bits per heavy atom. The molecule has 0 atom stereocenters. The van der Waals surface area contributed by atoms with Gasteiger partial charge in [-0.1, -0.05) is 79.3 Å². The van der Waals surface area contributed by atoms with Crippen LogP contribution in [0.25, 0.3) is 5.57 Å². The fourth-order valence-electron chi connectivity index (χ4n) is 4.64. The van der Waals surface area contributed by atoms with Gasteiger partial charge in [0, 0.05) is 17.5 Å². The Kier molecular flexibility index (Phi) is 18.4. The summed E-state index contributed by atoms with van der Waals surface area (Å²) < 4.78 is 70.6. The second-order valence-electron chi connectivity index (χ2n) is 10.7. The lowest BCUT2D eigenvalue weighted by Gasteiger charge is -2.12. The first-order valence-electron chi connectivity index (χ1n) is 16.1. The number of alkyl halides is 3. The molecule has 0 unspecified atom stereocenters. The van der Waals surface area contributed by atoms with E-state index in [1.807, 2.05) is 91.1 Å². The van der Waals surface area contributed by atoms with E-state index in [-0.39, 0.29) is 39.6 Å². The van der Waals surface area contributed by atoms with E-state index in [9.17, 15) is 17.7 Å². The molecule has 2 aromatic rings. The van der Waals surface area contributed by atoms with Gasteiger partial charge in [-0.2, -0.15) is 18.1 Å². The van der Waals surface area contributed by atoms with E-state index in [4.69, 9.17) is 24.1 Å². The van der Waals surface area contributed by atoms with Gasteiger partial charge in [0.05, 0.1) is 13.2 Å². The van der Waals surface area contributed by atoms with Crippen LogP contribution < -0.4 is 4.74 Å². The van der Waals surface area contributed by atoms with E-state index in [1.54, 1.807) is 12.1 Å². The van der Waals surface area contributed by atoms with Gasteiger partial charge in [0.1, 0.15) is 31.5 Å². The highest BCUT2D eigenvalue weighted by atomic mass is 19.4. The maximum atomic E-state index is 12.6. The lowest BCUT2D eigenvalue weighted by atomic mass is 9.94. The summed E-state index contributed by atoms with van der Waals surface area (Å²) in [5.74, 6) is 7.59. The second-order valence-corrected chi connectivity index (χ2v) is 10.7. The summed E-state index contributed by atoms with van der Waals surface area (Å²) in [5.41, 5.74) is 4.64. The molecule has 0 spiro atoms. The molecule has 0 saturated heterocycles. The third-order valence-electron chi connectivity index (χ3n) is 7.03. The molecule has 0 heterocycles. The molecular formula is C39H42F4O6. The van der Waals surface area contributed by atoms with Crippen molar-refractivity contribution in [3.63, 3.8) is 0 Å². The van der Waals surface area contributed by atoms with E-state index in [1.165, 1.54) is 0 Å². The number of hydrogen-bond donors (Lipinski definition) is 1. The van der Waals surface area contributed by atoms with Crippen LogP contribution in [0.15, 0.2) is 115 Å². The Bertz CT molecular complexity index is 1490. The Hall–Kier alpha value is -4.40. The van der Waals surface area contributed by atoms with Crippen molar-refractivity contribution in [1.82, 2.24) is 0 Å². The van der Waals surface area contributed by atoms with Crippen LogP contribution in [-0.2, 0) is 19.2 Å². The number of unbranched alkanes of at least 4 members (excludes halogenated alkanes) is 3. The van der Waals surface area contributed by atoms with E-state index in [0.29, 0.717) is 30.8 Å². The van der Waals surface area contributed by atoms with Crippen molar-refractivity contribution >= 4 is 5.57 Å². The van der Waals surface area contributed by atoms with Crippen LogP contribution in [0.3, 0.4) is 0 Å².